The normalized spacial score (nSPS) is 12.2. The lowest BCUT2D eigenvalue weighted by molar-refractivity contribution is -0.158. The minimum Gasteiger partial charge on any atom is -0.463 e. The molecule has 0 aliphatic carbocycles. The van der Waals surface area contributed by atoms with Crippen molar-refractivity contribution in [1.29, 1.82) is 0 Å². The fraction of sp³-hybridized carbons (Fsp3) is 0.920. The molecule has 0 aliphatic heterocycles. The van der Waals surface area contributed by atoms with Gasteiger partial charge in [-0.3, -0.25) is 9.59 Å². The molecule has 0 spiro atoms. The Bertz CT molecular complexity index is 426. The molecule has 1 amide bonds. The van der Waals surface area contributed by atoms with Gasteiger partial charge < -0.3 is 19.5 Å². The number of nitrogens with one attached hydrogen (secondary N) is 1. The molecule has 31 heavy (non-hydrogen) atoms. The van der Waals surface area contributed by atoms with Crippen LogP contribution in [0.3, 0.4) is 0 Å². The van der Waals surface area contributed by atoms with E-state index < -0.39 is 12.3 Å². The molecule has 6 heteroatoms. The number of hydrogen-bond donors (Lipinski definition) is 1. The van der Waals surface area contributed by atoms with Crippen LogP contribution in [0, 0.1) is 0 Å². The molecule has 0 rings (SSSR count). The van der Waals surface area contributed by atoms with Gasteiger partial charge in [0.05, 0.1) is 0 Å². The van der Waals surface area contributed by atoms with Gasteiger partial charge in [-0.05, 0) is 12.8 Å². The fourth-order valence-corrected chi connectivity index (χ4v) is 3.62. The van der Waals surface area contributed by atoms with Gasteiger partial charge >= 0.3 is 5.97 Å². The fourth-order valence-electron chi connectivity index (χ4n) is 3.62. The Kier molecular flexibility index (Phi) is 21.3. The highest BCUT2D eigenvalue weighted by atomic mass is 16.7. The van der Waals surface area contributed by atoms with Crippen LogP contribution in [0.25, 0.3) is 0 Å². The average molecular weight is 444 g/mol. The molecule has 0 heterocycles. The highest BCUT2D eigenvalue weighted by Gasteiger charge is 2.24. The van der Waals surface area contributed by atoms with Crippen LogP contribution in [0.5, 0.6) is 0 Å². The molecule has 0 aliphatic rings. The van der Waals surface area contributed by atoms with Crippen molar-refractivity contribution >= 4 is 11.9 Å². The van der Waals surface area contributed by atoms with Crippen LogP contribution in [-0.4, -0.2) is 45.0 Å². The summed E-state index contributed by atoms with van der Waals surface area (Å²) in [6.45, 7) is 4.48. The zero-order valence-electron chi connectivity index (χ0n) is 20.7. The summed E-state index contributed by atoms with van der Waals surface area (Å²) in [5.74, 6) is -0.286. The minimum absolute atomic E-state index is 0.0548. The molecule has 0 saturated heterocycles. The molecule has 0 aromatic rings. The molecule has 0 bridgehead atoms. The van der Waals surface area contributed by atoms with Crippen molar-refractivity contribution in [2.45, 2.75) is 129 Å². The summed E-state index contributed by atoms with van der Waals surface area (Å²) in [5, 5.41) is 2.92. The predicted octanol–water partition coefficient (Wildman–Crippen LogP) is 5.91. The van der Waals surface area contributed by atoms with Crippen LogP contribution in [0.1, 0.15) is 117 Å². The van der Waals surface area contributed by atoms with Gasteiger partial charge in [-0.15, -0.1) is 0 Å². The third-order valence-electron chi connectivity index (χ3n) is 5.56. The van der Waals surface area contributed by atoms with E-state index in [2.05, 4.69) is 19.2 Å². The van der Waals surface area contributed by atoms with Crippen LogP contribution >= 0.6 is 0 Å². The predicted molar refractivity (Wildman–Crippen MR) is 126 cm³/mol. The lowest BCUT2D eigenvalue weighted by Gasteiger charge is -2.25. The summed E-state index contributed by atoms with van der Waals surface area (Å²) >= 11 is 0. The van der Waals surface area contributed by atoms with Gasteiger partial charge in [-0.25, -0.2) is 0 Å². The molecule has 184 valence electrons. The first-order valence-corrected chi connectivity index (χ1v) is 12.6. The number of ether oxygens (including phenoxy) is 3. The first kappa shape index (κ1) is 29.9. The summed E-state index contributed by atoms with van der Waals surface area (Å²) < 4.78 is 16.0. The molecule has 0 aromatic heterocycles. The third kappa shape index (κ3) is 18.2. The Balaban J connectivity index is 4.13. The van der Waals surface area contributed by atoms with Crippen molar-refractivity contribution in [3.63, 3.8) is 0 Å². The van der Waals surface area contributed by atoms with Crippen molar-refractivity contribution in [2.24, 2.45) is 0 Å². The van der Waals surface area contributed by atoms with Crippen molar-refractivity contribution in [3.8, 4) is 0 Å². The highest BCUT2D eigenvalue weighted by molar-refractivity contribution is 5.76. The summed E-state index contributed by atoms with van der Waals surface area (Å²) in [4.78, 5) is 24.4. The first-order valence-electron chi connectivity index (χ1n) is 12.6. The van der Waals surface area contributed by atoms with Crippen LogP contribution < -0.4 is 5.32 Å². The largest absolute Gasteiger partial charge is 0.463 e. The second-order valence-corrected chi connectivity index (χ2v) is 8.44. The summed E-state index contributed by atoms with van der Waals surface area (Å²) in [6.07, 6.45) is 16.5. The molecule has 0 saturated carbocycles. The van der Waals surface area contributed by atoms with Crippen molar-refractivity contribution in [1.82, 2.24) is 5.32 Å². The Morgan fingerprint density at radius 2 is 1.13 bits per heavy atom. The number of hydrogen-bond acceptors (Lipinski definition) is 5. The SMILES string of the molecule is CCCCCCCCCC(=O)NC(COC(=O)CCCCCCCCC)C(OC)OC. The number of rotatable bonds is 22. The minimum atomic E-state index is -0.649. The maximum Gasteiger partial charge on any atom is 0.305 e. The first-order chi connectivity index (χ1) is 15.1. The van der Waals surface area contributed by atoms with Crippen molar-refractivity contribution in [3.05, 3.63) is 0 Å². The van der Waals surface area contributed by atoms with E-state index in [0.717, 1.165) is 25.7 Å². The molecular formula is C25H49NO5. The highest BCUT2D eigenvalue weighted by Crippen LogP contribution is 2.11. The summed E-state index contributed by atoms with van der Waals surface area (Å²) in [6, 6.07) is -0.509. The maximum absolute atomic E-state index is 12.3. The monoisotopic (exact) mass is 443 g/mol. The lowest BCUT2D eigenvalue weighted by Crippen LogP contribution is -2.48. The van der Waals surface area contributed by atoms with Crippen molar-refractivity contribution < 1.29 is 23.8 Å². The average Bonchev–Trinajstić information content (AvgIpc) is 2.76. The lowest BCUT2D eigenvalue weighted by atomic mass is 10.1. The maximum atomic E-state index is 12.3. The zero-order valence-corrected chi connectivity index (χ0v) is 20.7. The standard InChI is InChI=1S/C25H49NO5/c1-5-7-9-11-13-15-17-19-23(27)26-22(25(29-3)30-4)21-31-24(28)20-18-16-14-12-10-8-6-2/h22,25H,5-21H2,1-4H3,(H,26,27). The number of esters is 1. The van der Waals surface area contributed by atoms with Gasteiger partial charge in [0, 0.05) is 27.1 Å². The smallest absolute Gasteiger partial charge is 0.305 e. The van der Waals surface area contributed by atoms with Gasteiger partial charge in [-0.2, -0.15) is 0 Å². The molecule has 0 radical (unpaired) electrons. The van der Waals surface area contributed by atoms with E-state index in [1.165, 1.54) is 78.4 Å². The van der Waals surface area contributed by atoms with Gasteiger partial charge in [0.15, 0.2) is 6.29 Å². The van der Waals surface area contributed by atoms with Crippen LogP contribution in [0.4, 0.5) is 0 Å². The van der Waals surface area contributed by atoms with E-state index in [9.17, 15) is 9.59 Å². The number of carbonyl (C=O) groups excluding carboxylic acids is 2. The molecular weight excluding hydrogens is 394 g/mol. The van der Waals surface area contributed by atoms with Gasteiger partial charge in [0.1, 0.15) is 12.6 Å². The van der Waals surface area contributed by atoms with E-state index in [-0.39, 0.29) is 18.5 Å². The Morgan fingerprint density at radius 1 is 0.677 bits per heavy atom. The summed E-state index contributed by atoms with van der Waals surface area (Å²) in [7, 11) is 3.04. The molecule has 1 unspecified atom stereocenters. The Labute approximate surface area is 191 Å². The number of carbonyl (C=O) groups is 2. The van der Waals surface area contributed by atoms with E-state index in [4.69, 9.17) is 14.2 Å². The summed E-state index contributed by atoms with van der Waals surface area (Å²) in [5.41, 5.74) is 0. The third-order valence-corrected chi connectivity index (χ3v) is 5.56. The number of amides is 1. The van der Waals surface area contributed by atoms with E-state index in [1.807, 2.05) is 0 Å². The quantitative estimate of drug-likeness (QED) is 0.128. The second-order valence-electron chi connectivity index (χ2n) is 8.44. The van der Waals surface area contributed by atoms with Crippen LogP contribution in [-0.2, 0) is 23.8 Å². The molecule has 0 fully saturated rings. The molecule has 0 aromatic carbocycles. The zero-order chi connectivity index (χ0) is 23.2. The Hall–Kier alpha value is -1.14. The van der Waals surface area contributed by atoms with E-state index in [1.54, 1.807) is 0 Å². The van der Waals surface area contributed by atoms with Gasteiger partial charge in [0.25, 0.3) is 0 Å². The topological polar surface area (TPSA) is 73.9 Å². The molecule has 1 atom stereocenters. The van der Waals surface area contributed by atoms with E-state index >= 15 is 0 Å². The van der Waals surface area contributed by atoms with Crippen LogP contribution in [0.2, 0.25) is 0 Å². The van der Waals surface area contributed by atoms with Crippen LogP contribution in [0.15, 0.2) is 0 Å². The van der Waals surface area contributed by atoms with E-state index in [0.29, 0.717) is 12.8 Å². The molecule has 1 N–H and O–H groups in total. The van der Waals surface area contributed by atoms with Gasteiger partial charge in [0.2, 0.25) is 5.91 Å². The van der Waals surface area contributed by atoms with Gasteiger partial charge in [-0.1, -0.05) is 90.9 Å². The molecule has 6 nitrogen and oxygen atoms in total. The Morgan fingerprint density at radius 3 is 1.61 bits per heavy atom. The number of unbranched alkanes of at least 4 members (excludes halogenated alkanes) is 12. The second kappa shape index (κ2) is 22.1. The number of methoxy groups -OCH3 is 2. The van der Waals surface area contributed by atoms with Crippen molar-refractivity contribution in [2.75, 3.05) is 20.8 Å².